The highest BCUT2D eigenvalue weighted by Gasteiger charge is 2.39. The number of aryl methyl sites for hydroxylation is 6. The van der Waals surface area contributed by atoms with Crippen LogP contribution in [0.5, 0.6) is 0 Å². The van der Waals surface area contributed by atoms with E-state index in [4.69, 9.17) is 0 Å². The zero-order valence-electron chi connectivity index (χ0n) is 17.3. The van der Waals surface area contributed by atoms with Crippen molar-refractivity contribution in [2.45, 2.75) is 67.5 Å². The Kier molecular flexibility index (Phi) is 5.87. The molecule has 0 aliphatic carbocycles. The van der Waals surface area contributed by atoms with Crippen LogP contribution in [0, 0.1) is 41.5 Å². The summed E-state index contributed by atoms with van der Waals surface area (Å²) in [5.74, 6) is 0. The first-order valence-corrected chi connectivity index (χ1v) is 9.28. The molecular formula is C23H31ClN2. The largest absolute Gasteiger partial charge is 1.00 e. The molecule has 2 unspecified atom stereocenters. The zero-order valence-corrected chi connectivity index (χ0v) is 18.1. The first-order chi connectivity index (χ1) is 11.7. The van der Waals surface area contributed by atoms with E-state index >= 15 is 0 Å². The molecule has 26 heavy (non-hydrogen) atoms. The summed E-state index contributed by atoms with van der Waals surface area (Å²) in [5, 5.41) is 0. The van der Waals surface area contributed by atoms with E-state index in [-0.39, 0.29) is 12.4 Å². The van der Waals surface area contributed by atoms with Gasteiger partial charge in [-0.2, -0.15) is 0 Å². The van der Waals surface area contributed by atoms with Gasteiger partial charge in [0.15, 0.2) is 0 Å². The number of hydrogen-bond donors (Lipinski definition) is 0. The Labute approximate surface area is 165 Å². The average molecular weight is 371 g/mol. The minimum Gasteiger partial charge on any atom is -1.00 e. The van der Waals surface area contributed by atoms with Gasteiger partial charge in [0, 0.05) is 0 Å². The Morgan fingerprint density at radius 3 is 1.62 bits per heavy atom. The van der Waals surface area contributed by atoms with Crippen molar-refractivity contribution in [2.75, 3.05) is 4.90 Å². The lowest BCUT2D eigenvalue weighted by Gasteiger charge is -2.20. The zero-order chi connectivity index (χ0) is 18.5. The minimum atomic E-state index is 0. The summed E-state index contributed by atoms with van der Waals surface area (Å²) >= 11 is 0. The molecule has 2 nitrogen and oxygen atoms in total. The van der Waals surface area contributed by atoms with Crippen molar-refractivity contribution in [2.24, 2.45) is 0 Å². The fourth-order valence-electron chi connectivity index (χ4n) is 4.49. The van der Waals surface area contributed by atoms with E-state index < -0.39 is 0 Å². The molecule has 2 aromatic carbocycles. The van der Waals surface area contributed by atoms with Crippen LogP contribution in [0.25, 0.3) is 0 Å². The van der Waals surface area contributed by atoms with E-state index in [0.29, 0.717) is 12.1 Å². The van der Waals surface area contributed by atoms with Crippen LogP contribution in [0.2, 0.25) is 0 Å². The Hall–Kier alpha value is -1.80. The molecule has 0 bridgehead atoms. The molecule has 3 heteroatoms. The van der Waals surface area contributed by atoms with Gasteiger partial charge in [-0.25, -0.2) is 9.48 Å². The summed E-state index contributed by atoms with van der Waals surface area (Å²) in [5.41, 5.74) is 10.8. The molecule has 2 atom stereocenters. The lowest BCUT2D eigenvalue weighted by molar-refractivity contribution is -0.469. The van der Waals surface area contributed by atoms with Gasteiger partial charge in [-0.05, 0) is 77.6 Å². The van der Waals surface area contributed by atoms with E-state index in [1.54, 1.807) is 0 Å². The highest BCUT2D eigenvalue weighted by Crippen LogP contribution is 2.34. The summed E-state index contributed by atoms with van der Waals surface area (Å²) in [6, 6.07) is 10.0. The van der Waals surface area contributed by atoms with Crippen LogP contribution < -0.4 is 17.3 Å². The summed E-state index contributed by atoms with van der Waals surface area (Å²) in [6.45, 7) is 17.9. The topological polar surface area (TPSA) is 6.25 Å². The molecule has 0 aromatic heterocycles. The van der Waals surface area contributed by atoms with Crippen molar-refractivity contribution in [3.05, 3.63) is 57.6 Å². The first kappa shape index (κ1) is 20.5. The second-order valence-corrected chi connectivity index (χ2v) is 7.91. The maximum Gasteiger partial charge on any atom is 0.245 e. The van der Waals surface area contributed by atoms with E-state index in [0.717, 1.165) is 0 Å². The molecule has 1 aliphatic heterocycles. The molecule has 1 heterocycles. The SMILES string of the molecule is Cc1cc(C)c(N2C=[N+](c3c(C)cc(C)cc3C)C(C)C2C)c(C)c1.[Cl-]. The fraction of sp³-hybridized carbons (Fsp3) is 0.435. The third kappa shape index (κ3) is 3.40. The monoisotopic (exact) mass is 370 g/mol. The number of rotatable bonds is 2. The Morgan fingerprint density at radius 2 is 1.15 bits per heavy atom. The fourth-order valence-corrected chi connectivity index (χ4v) is 4.49. The molecule has 0 spiro atoms. The van der Waals surface area contributed by atoms with Gasteiger partial charge in [0.25, 0.3) is 0 Å². The maximum atomic E-state index is 2.47. The van der Waals surface area contributed by atoms with Crippen LogP contribution in [0.3, 0.4) is 0 Å². The van der Waals surface area contributed by atoms with Crippen LogP contribution in [0.1, 0.15) is 47.2 Å². The highest BCUT2D eigenvalue weighted by atomic mass is 35.5. The van der Waals surface area contributed by atoms with E-state index in [2.05, 4.69) is 95.5 Å². The van der Waals surface area contributed by atoms with E-state index in [9.17, 15) is 0 Å². The molecule has 0 saturated carbocycles. The van der Waals surface area contributed by atoms with Gasteiger partial charge in [0.1, 0.15) is 23.5 Å². The summed E-state index contributed by atoms with van der Waals surface area (Å²) in [6.07, 6.45) is 2.32. The molecular weight excluding hydrogens is 340 g/mol. The molecule has 2 aromatic rings. The van der Waals surface area contributed by atoms with Gasteiger partial charge in [-0.1, -0.05) is 35.4 Å². The molecule has 0 N–H and O–H groups in total. The van der Waals surface area contributed by atoms with Gasteiger partial charge in [-0.3, -0.25) is 0 Å². The van der Waals surface area contributed by atoms with Crippen LogP contribution in [-0.2, 0) is 0 Å². The van der Waals surface area contributed by atoms with Crippen LogP contribution in [0.15, 0.2) is 24.3 Å². The third-order valence-corrected chi connectivity index (χ3v) is 5.61. The Balaban J connectivity index is 0.00000243. The molecule has 0 amide bonds. The number of benzene rings is 2. The lowest BCUT2D eigenvalue weighted by Crippen LogP contribution is -3.00. The Morgan fingerprint density at radius 1 is 0.731 bits per heavy atom. The smallest absolute Gasteiger partial charge is 0.245 e. The summed E-state index contributed by atoms with van der Waals surface area (Å²) in [4.78, 5) is 2.47. The van der Waals surface area contributed by atoms with Crippen molar-refractivity contribution in [3.63, 3.8) is 0 Å². The van der Waals surface area contributed by atoms with Gasteiger partial charge < -0.3 is 12.4 Å². The van der Waals surface area contributed by atoms with Crippen LogP contribution in [0.4, 0.5) is 11.4 Å². The molecule has 0 radical (unpaired) electrons. The quantitative estimate of drug-likeness (QED) is 0.736. The average Bonchev–Trinajstić information content (AvgIpc) is 2.74. The minimum absolute atomic E-state index is 0. The lowest BCUT2D eigenvalue weighted by atomic mass is 10.0. The maximum absolute atomic E-state index is 2.47. The predicted molar refractivity (Wildman–Crippen MR) is 109 cm³/mol. The molecule has 140 valence electrons. The van der Waals surface area contributed by atoms with Crippen molar-refractivity contribution in [1.82, 2.24) is 0 Å². The van der Waals surface area contributed by atoms with Gasteiger partial charge in [-0.15, -0.1) is 0 Å². The third-order valence-electron chi connectivity index (χ3n) is 5.61. The van der Waals surface area contributed by atoms with Gasteiger partial charge >= 0.3 is 0 Å². The molecule has 0 fully saturated rings. The number of anilines is 1. The highest BCUT2D eigenvalue weighted by molar-refractivity contribution is 5.83. The molecule has 0 saturated heterocycles. The number of hydrogen-bond acceptors (Lipinski definition) is 1. The number of halogens is 1. The van der Waals surface area contributed by atoms with Gasteiger partial charge in [0.05, 0.1) is 0 Å². The number of nitrogens with zero attached hydrogens (tertiary/aromatic N) is 2. The second-order valence-electron chi connectivity index (χ2n) is 7.91. The normalized spacial score (nSPS) is 19.4. The van der Waals surface area contributed by atoms with E-state index in [1.807, 2.05) is 0 Å². The van der Waals surface area contributed by atoms with Crippen molar-refractivity contribution < 1.29 is 17.0 Å². The van der Waals surface area contributed by atoms with Crippen molar-refractivity contribution in [1.29, 1.82) is 0 Å². The van der Waals surface area contributed by atoms with Crippen LogP contribution >= 0.6 is 0 Å². The second kappa shape index (κ2) is 7.44. The predicted octanol–water partition coefficient (Wildman–Crippen LogP) is 2.51. The molecule has 3 rings (SSSR count). The van der Waals surface area contributed by atoms with Crippen LogP contribution in [-0.4, -0.2) is 23.0 Å². The standard InChI is InChI=1S/C23H31N2.ClH/c1-14-9-16(3)22(17(4)10-14)24-13-25(21(8)20(24)7)23-18(5)11-15(2)12-19(23)6;/h9-13,20-21H,1-8H3;1H/q+1;/p-1. The first-order valence-electron chi connectivity index (χ1n) is 9.28. The summed E-state index contributed by atoms with van der Waals surface area (Å²) in [7, 11) is 0. The van der Waals surface area contributed by atoms with Gasteiger partial charge in [0.2, 0.25) is 6.34 Å². The van der Waals surface area contributed by atoms with Crippen molar-refractivity contribution in [3.8, 4) is 0 Å². The Bertz CT molecular complexity index is 820. The molecule has 1 aliphatic rings. The summed E-state index contributed by atoms with van der Waals surface area (Å²) < 4.78 is 2.47. The van der Waals surface area contributed by atoms with Crippen molar-refractivity contribution >= 4 is 17.7 Å². The van der Waals surface area contributed by atoms with E-state index in [1.165, 1.54) is 44.8 Å².